The highest BCUT2D eigenvalue weighted by Crippen LogP contribution is 2.23. The number of Topliss-reactive ketones (excluding diaryl/α,β-unsaturated/α-hetero) is 1. The van der Waals surface area contributed by atoms with E-state index in [9.17, 15) is 4.79 Å². The van der Waals surface area contributed by atoms with Crippen LogP contribution in [-0.4, -0.2) is 31.3 Å². The van der Waals surface area contributed by atoms with Crippen LogP contribution in [0.3, 0.4) is 0 Å². The molecule has 0 saturated carbocycles. The van der Waals surface area contributed by atoms with E-state index in [-0.39, 0.29) is 0 Å². The molecule has 2 heteroatoms. The maximum atomic E-state index is 12.7. The molecule has 2 nitrogen and oxygen atoms in total. The quantitative estimate of drug-likeness (QED) is 0.0516. The maximum Gasteiger partial charge on any atom is 0.134 e. The van der Waals surface area contributed by atoms with Crippen LogP contribution in [0.25, 0.3) is 0 Å². The summed E-state index contributed by atoms with van der Waals surface area (Å²) in [6.45, 7) is 5.42. The zero-order chi connectivity index (χ0) is 32.9. The molecule has 262 valence electrons. The van der Waals surface area contributed by atoms with E-state index >= 15 is 0 Å². The van der Waals surface area contributed by atoms with Crippen molar-refractivity contribution in [2.24, 2.45) is 5.92 Å². The molecular weight excluding hydrogens is 546 g/mol. The Morgan fingerprint density at radius 1 is 0.489 bits per heavy atom. The molecule has 0 rings (SSSR count). The molecule has 0 heterocycles. The number of hydrogen-bond acceptors (Lipinski definition) is 2. The van der Waals surface area contributed by atoms with Crippen LogP contribution in [0, 0.1) is 5.92 Å². The van der Waals surface area contributed by atoms with E-state index in [0.717, 1.165) is 32.2 Å². The van der Waals surface area contributed by atoms with Gasteiger partial charge in [-0.15, -0.1) is 0 Å². The summed E-state index contributed by atoms with van der Waals surface area (Å²) in [5, 5.41) is 0. The number of carbonyl (C=O) groups is 1. The molecule has 0 aromatic carbocycles. The Morgan fingerprint density at radius 3 is 1.22 bits per heavy atom. The monoisotopic (exact) mass is 626 g/mol. The Kier molecular flexibility index (Phi) is 35.9. The van der Waals surface area contributed by atoms with Crippen molar-refractivity contribution >= 4 is 5.78 Å². The molecule has 0 aromatic heterocycles. The van der Waals surface area contributed by atoms with Gasteiger partial charge < -0.3 is 4.90 Å². The second-order valence-corrected chi connectivity index (χ2v) is 13.9. The third-order valence-electron chi connectivity index (χ3n) is 8.98. The second kappa shape index (κ2) is 37.1. The number of ketones is 1. The highest BCUT2D eigenvalue weighted by molar-refractivity contribution is 5.78. The molecule has 0 radical (unpaired) electrons. The normalized spacial score (nSPS) is 12.5. The SMILES string of the molecule is CCCCC/C=C\C/C=C\CCCCCCCCC(CCCCCCCC/C=C\C/C=C\CCCCC)CC(=O)CCN(C)C. The molecule has 0 aliphatic heterocycles. The minimum Gasteiger partial charge on any atom is -0.309 e. The molecule has 0 unspecified atom stereocenters. The molecule has 45 heavy (non-hydrogen) atoms. The molecule has 0 aliphatic rings. The first-order valence-electron chi connectivity index (χ1n) is 19.9. The van der Waals surface area contributed by atoms with Crippen molar-refractivity contribution in [3.05, 3.63) is 48.6 Å². The highest BCUT2D eigenvalue weighted by Gasteiger charge is 2.14. The summed E-state index contributed by atoms with van der Waals surface area (Å²) >= 11 is 0. The van der Waals surface area contributed by atoms with Crippen LogP contribution in [0.15, 0.2) is 48.6 Å². The molecule has 0 amide bonds. The van der Waals surface area contributed by atoms with Gasteiger partial charge in [0, 0.05) is 19.4 Å². The van der Waals surface area contributed by atoms with Gasteiger partial charge in [0.15, 0.2) is 0 Å². The van der Waals surface area contributed by atoms with Gasteiger partial charge in [-0.1, -0.05) is 165 Å². The van der Waals surface area contributed by atoms with Gasteiger partial charge in [-0.25, -0.2) is 0 Å². The first-order chi connectivity index (χ1) is 22.1. The third-order valence-corrected chi connectivity index (χ3v) is 8.98. The van der Waals surface area contributed by atoms with Crippen LogP contribution in [0.4, 0.5) is 0 Å². The number of allylic oxidation sites excluding steroid dienone is 8. The Hall–Kier alpha value is -1.41. The van der Waals surface area contributed by atoms with Crippen LogP contribution >= 0.6 is 0 Å². The standard InChI is InChI=1S/C43H79NO/c1-5-7-9-11-13-15-17-19-21-23-25-27-29-31-33-35-37-42(41-43(45)39-40-44(3)4)38-36-34-32-30-28-26-24-22-20-18-16-14-12-10-8-6-2/h13-16,19-22,42H,5-12,17-18,23-41H2,1-4H3/b15-13-,16-14-,21-19-,22-20-. The zero-order valence-corrected chi connectivity index (χ0v) is 31.1. The van der Waals surface area contributed by atoms with E-state index in [4.69, 9.17) is 0 Å². The lowest BCUT2D eigenvalue weighted by Gasteiger charge is -2.17. The zero-order valence-electron chi connectivity index (χ0n) is 31.1. The van der Waals surface area contributed by atoms with Crippen molar-refractivity contribution in [1.82, 2.24) is 4.90 Å². The van der Waals surface area contributed by atoms with Gasteiger partial charge in [0.25, 0.3) is 0 Å². The van der Waals surface area contributed by atoms with Crippen molar-refractivity contribution in [2.75, 3.05) is 20.6 Å². The van der Waals surface area contributed by atoms with E-state index in [1.54, 1.807) is 0 Å². The maximum absolute atomic E-state index is 12.7. The lowest BCUT2D eigenvalue weighted by atomic mass is 9.89. The molecule has 0 aliphatic carbocycles. The van der Waals surface area contributed by atoms with E-state index in [0.29, 0.717) is 11.7 Å². The average Bonchev–Trinajstić information content (AvgIpc) is 3.03. The van der Waals surface area contributed by atoms with Crippen molar-refractivity contribution in [3.8, 4) is 0 Å². The summed E-state index contributed by atoms with van der Waals surface area (Å²) in [4.78, 5) is 14.8. The van der Waals surface area contributed by atoms with Crippen LogP contribution in [0.5, 0.6) is 0 Å². The summed E-state index contributed by atoms with van der Waals surface area (Å²) in [5.74, 6) is 1.09. The van der Waals surface area contributed by atoms with Gasteiger partial charge in [0.1, 0.15) is 5.78 Å². The number of carbonyl (C=O) groups excluding carboxylic acids is 1. The van der Waals surface area contributed by atoms with Crippen LogP contribution in [0.2, 0.25) is 0 Å². The number of unbranched alkanes of at least 4 members (excludes halogenated alkanes) is 18. The second-order valence-electron chi connectivity index (χ2n) is 13.9. The predicted octanol–water partition coefficient (Wildman–Crippen LogP) is 13.9. The van der Waals surface area contributed by atoms with Crippen molar-refractivity contribution in [1.29, 1.82) is 0 Å². The van der Waals surface area contributed by atoms with Crippen LogP contribution < -0.4 is 0 Å². The fraction of sp³-hybridized carbons (Fsp3) is 0.791. The smallest absolute Gasteiger partial charge is 0.134 e. The summed E-state index contributed by atoms with van der Waals surface area (Å²) in [7, 11) is 4.14. The molecule has 0 fully saturated rings. The van der Waals surface area contributed by atoms with Gasteiger partial charge in [-0.2, -0.15) is 0 Å². The fourth-order valence-electron chi connectivity index (χ4n) is 5.96. The van der Waals surface area contributed by atoms with Gasteiger partial charge in [0.05, 0.1) is 0 Å². The van der Waals surface area contributed by atoms with Crippen LogP contribution in [-0.2, 0) is 4.79 Å². The van der Waals surface area contributed by atoms with Gasteiger partial charge >= 0.3 is 0 Å². The summed E-state index contributed by atoms with van der Waals surface area (Å²) in [6.07, 6.45) is 54.1. The molecule has 0 bridgehead atoms. The Bertz CT molecular complexity index is 667. The highest BCUT2D eigenvalue weighted by atomic mass is 16.1. The lowest BCUT2D eigenvalue weighted by Crippen LogP contribution is -2.18. The van der Waals surface area contributed by atoms with E-state index < -0.39 is 0 Å². The molecule has 0 N–H and O–H groups in total. The largest absolute Gasteiger partial charge is 0.309 e. The molecular formula is C43H79NO. The summed E-state index contributed by atoms with van der Waals surface area (Å²) < 4.78 is 0. The Morgan fingerprint density at radius 2 is 0.844 bits per heavy atom. The van der Waals surface area contributed by atoms with Gasteiger partial charge in [0.2, 0.25) is 0 Å². The first-order valence-corrected chi connectivity index (χ1v) is 19.9. The molecule has 0 saturated heterocycles. The third kappa shape index (κ3) is 36.9. The summed E-state index contributed by atoms with van der Waals surface area (Å²) in [5.41, 5.74) is 0. The van der Waals surface area contributed by atoms with E-state index in [2.05, 4.69) is 81.5 Å². The van der Waals surface area contributed by atoms with Crippen molar-refractivity contribution in [3.63, 3.8) is 0 Å². The topological polar surface area (TPSA) is 20.3 Å². The molecule has 0 spiro atoms. The average molecular weight is 626 g/mol. The fourth-order valence-corrected chi connectivity index (χ4v) is 5.96. The van der Waals surface area contributed by atoms with E-state index in [1.165, 1.54) is 154 Å². The summed E-state index contributed by atoms with van der Waals surface area (Å²) in [6, 6.07) is 0. The van der Waals surface area contributed by atoms with Gasteiger partial charge in [-0.3, -0.25) is 4.79 Å². The van der Waals surface area contributed by atoms with Crippen molar-refractivity contribution in [2.45, 2.75) is 194 Å². The Labute approximate surface area is 283 Å². The van der Waals surface area contributed by atoms with Gasteiger partial charge in [-0.05, 0) is 84.2 Å². The molecule has 0 atom stereocenters. The number of hydrogen-bond donors (Lipinski definition) is 0. The minimum atomic E-state index is 0.480. The number of nitrogens with zero attached hydrogens (tertiary/aromatic N) is 1. The van der Waals surface area contributed by atoms with Crippen LogP contribution in [0.1, 0.15) is 194 Å². The first kappa shape index (κ1) is 43.6. The van der Waals surface area contributed by atoms with E-state index in [1.807, 2.05) is 0 Å². The predicted molar refractivity (Wildman–Crippen MR) is 204 cm³/mol. The minimum absolute atomic E-state index is 0.480. The van der Waals surface area contributed by atoms with Crippen molar-refractivity contribution < 1.29 is 4.79 Å². The lowest BCUT2D eigenvalue weighted by molar-refractivity contribution is -0.120. The molecule has 0 aromatic rings. The Balaban J connectivity index is 3.96. The number of rotatable bonds is 35.